The number of amides is 1. The molecule has 0 bridgehead atoms. The van der Waals surface area contributed by atoms with E-state index in [4.69, 9.17) is 10.4 Å². The predicted octanol–water partition coefficient (Wildman–Crippen LogP) is 1.85. The summed E-state index contributed by atoms with van der Waals surface area (Å²) in [6.45, 7) is 3.34. The molecule has 94 valence electrons. The molecule has 1 rings (SSSR count). The second-order valence-corrected chi connectivity index (χ2v) is 4.24. The number of nitriles is 1. The normalized spacial score (nSPS) is 11.7. The van der Waals surface area contributed by atoms with Crippen LogP contribution in [0, 0.1) is 23.2 Å². The Labute approximate surface area is 105 Å². The van der Waals surface area contributed by atoms with E-state index in [0.29, 0.717) is 11.3 Å². The molecule has 5 heteroatoms. The van der Waals surface area contributed by atoms with Crippen LogP contribution in [0.15, 0.2) is 24.3 Å². The number of carboxylic acid groups (broad SMARTS) is 1. The van der Waals surface area contributed by atoms with E-state index in [0.717, 1.165) is 0 Å². The molecule has 1 aromatic carbocycles. The van der Waals surface area contributed by atoms with Gasteiger partial charge in [0.2, 0.25) is 5.91 Å². The van der Waals surface area contributed by atoms with Gasteiger partial charge in [-0.05, 0) is 24.1 Å². The minimum Gasteiger partial charge on any atom is -0.481 e. The van der Waals surface area contributed by atoms with Gasteiger partial charge in [0.15, 0.2) is 0 Å². The van der Waals surface area contributed by atoms with E-state index in [1.54, 1.807) is 32.0 Å². The van der Waals surface area contributed by atoms with Gasteiger partial charge in [-0.1, -0.05) is 19.9 Å². The van der Waals surface area contributed by atoms with Crippen LogP contribution in [0.5, 0.6) is 0 Å². The van der Waals surface area contributed by atoms with E-state index < -0.39 is 17.8 Å². The van der Waals surface area contributed by atoms with Gasteiger partial charge in [-0.15, -0.1) is 0 Å². The zero-order valence-electron chi connectivity index (χ0n) is 10.2. The molecule has 0 saturated carbocycles. The monoisotopic (exact) mass is 246 g/mol. The summed E-state index contributed by atoms with van der Waals surface area (Å²) in [6.07, 6.45) is 0. The standard InChI is InChI=1S/C13H14N2O3/c1-8(2)11(13(17)18)12(16)15-10-5-3-4-9(6-10)7-14/h3-6,8,11H,1-2H3,(H,15,16)(H,17,18). The summed E-state index contributed by atoms with van der Waals surface area (Å²) in [4.78, 5) is 22.8. The average molecular weight is 246 g/mol. The number of aliphatic carboxylic acids is 1. The zero-order valence-corrected chi connectivity index (χ0v) is 10.2. The summed E-state index contributed by atoms with van der Waals surface area (Å²) >= 11 is 0. The maximum absolute atomic E-state index is 11.8. The van der Waals surface area contributed by atoms with Gasteiger partial charge in [0, 0.05) is 5.69 Å². The average Bonchev–Trinajstić information content (AvgIpc) is 2.28. The summed E-state index contributed by atoms with van der Waals surface area (Å²) in [5.74, 6) is -3.14. The maximum Gasteiger partial charge on any atom is 0.316 e. The Morgan fingerprint density at radius 3 is 2.56 bits per heavy atom. The minimum atomic E-state index is -1.15. The minimum absolute atomic E-state index is 0.304. The highest BCUT2D eigenvalue weighted by Crippen LogP contribution is 2.16. The number of carbonyl (C=O) groups excluding carboxylic acids is 1. The van der Waals surface area contributed by atoms with Gasteiger partial charge in [0.25, 0.3) is 0 Å². The first-order valence-corrected chi connectivity index (χ1v) is 5.49. The van der Waals surface area contributed by atoms with Crippen molar-refractivity contribution in [1.82, 2.24) is 0 Å². The molecular weight excluding hydrogens is 232 g/mol. The molecule has 1 amide bonds. The largest absolute Gasteiger partial charge is 0.481 e. The molecule has 1 unspecified atom stereocenters. The van der Waals surface area contributed by atoms with Crippen LogP contribution >= 0.6 is 0 Å². The number of nitrogens with one attached hydrogen (secondary N) is 1. The third-order valence-corrected chi connectivity index (χ3v) is 2.47. The molecule has 0 radical (unpaired) electrons. The molecule has 0 heterocycles. The van der Waals surface area contributed by atoms with Crippen LogP contribution in [0.3, 0.4) is 0 Å². The van der Waals surface area contributed by atoms with Crippen LogP contribution in [-0.2, 0) is 9.59 Å². The van der Waals surface area contributed by atoms with Crippen molar-refractivity contribution < 1.29 is 14.7 Å². The van der Waals surface area contributed by atoms with Crippen LogP contribution in [0.25, 0.3) is 0 Å². The van der Waals surface area contributed by atoms with Crippen molar-refractivity contribution in [3.05, 3.63) is 29.8 Å². The Balaban J connectivity index is 2.86. The van der Waals surface area contributed by atoms with E-state index in [1.807, 2.05) is 6.07 Å². The number of benzene rings is 1. The molecular formula is C13H14N2O3. The molecule has 2 N–H and O–H groups in total. The summed E-state index contributed by atoms with van der Waals surface area (Å²) in [6, 6.07) is 8.28. The van der Waals surface area contributed by atoms with Crippen molar-refractivity contribution in [1.29, 1.82) is 5.26 Å². The first kappa shape index (κ1) is 13.7. The number of anilines is 1. The number of nitrogens with zero attached hydrogens (tertiary/aromatic N) is 1. The van der Waals surface area contributed by atoms with E-state index in [-0.39, 0.29) is 5.92 Å². The molecule has 0 fully saturated rings. The van der Waals surface area contributed by atoms with Crippen molar-refractivity contribution in [2.75, 3.05) is 5.32 Å². The van der Waals surface area contributed by atoms with E-state index in [1.165, 1.54) is 6.07 Å². The SMILES string of the molecule is CC(C)C(C(=O)O)C(=O)Nc1cccc(C#N)c1. The Morgan fingerprint density at radius 1 is 1.39 bits per heavy atom. The fourth-order valence-electron chi connectivity index (χ4n) is 1.59. The van der Waals surface area contributed by atoms with Crippen molar-refractivity contribution in [2.24, 2.45) is 11.8 Å². The van der Waals surface area contributed by atoms with Crippen LogP contribution in [0.4, 0.5) is 5.69 Å². The number of carboxylic acids is 1. The molecule has 1 atom stereocenters. The fraction of sp³-hybridized carbons (Fsp3) is 0.308. The third-order valence-electron chi connectivity index (χ3n) is 2.47. The molecule has 0 aromatic heterocycles. The topological polar surface area (TPSA) is 90.2 Å². The summed E-state index contributed by atoms with van der Waals surface area (Å²) in [5, 5.41) is 20.2. The van der Waals surface area contributed by atoms with E-state index in [9.17, 15) is 9.59 Å². The molecule has 5 nitrogen and oxygen atoms in total. The Kier molecular flexibility index (Phi) is 4.44. The first-order chi connectivity index (χ1) is 8.45. The second-order valence-electron chi connectivity index (χ2n) is 4.24. The zero-order chi connectivity index (χ0) is 13.7. The lowest BCUT2D eigenvalue weighted by atomic mass is 9.95. The van der Waals surface area contributed by atoms with Gasteiger partial charge in [0.1, 0.15) is 5.92 Å². The fourth-order valence-corrected chi connectivity index (χ4v) is 1.59. The van der Waals surface area contributed by atoms with Gasteiger partial charge >= 0.3 is 5.97 Å². The highest BCUT2D eigenvalue weighted by Gasteiger charge is 2.29. The van der Waals surface area contributed by atoms with E-state index in [2.05, 4.69) is 5.32 Å². The smallest absolute Gasteiger partial charge is 0.316 e. The number of carbonyl (C=O) groups is 2. The molecule has 0 saturated heterocycles. The number of hydrogen-bond donors (Lipinski definition) is 2. The van der Waals surface area contributed by atoms with Crippen LogP contribution in [0.1, 0.15) is 19.4 Å². The lowest BCUT2D eigenvalue weighted by Gasteiger charge is -2.15. The highest BCUT2D eigenvalue weighted by atomic mass is 16.4. The van der Waals surface area contributed by atoms with Crippen LogP contribution < -0.4 is 5.32 Å². The maximum atomic E-state index is 11.8. The molecule has 0 spiro atoms. The first-order valence-electron chi connectivity index (χ1n) is 5.49. The van der Waals surface area contributed by atoms with Crippen molar-refractivity contribution >= 4 is 17.6 Å². The molecule has 0 aliphatic rings. The molecule has 0 aliphatic heterocycles. The van der Waals surface area contributed by atoms with Gasteiger partial charge in [0.05, 0.1) is 11.6 Å². The van der Waals surface area contributed by atoms with Crippen LogP contribution in [-0.4, -0.2) is 17.0 Å². The number of rotatable bonds is 4. The van der Waals surface area contributed by atoms with Crippen LogP contribution in [0.2, 0.25) is 0 Å². The predicted molar refractivity (Wildman–Crippen MR) is 65.8 cm³/mol. The molecule has 18 heavy (non-hydrogen) atoms. The lowest BCUT2D eigenvalue weighted by molar-refractivity contribution is -0.147. The summed E-state index contributed by atoms with van der Waals surface area (Å²) in [5.41, 5.74) is 0.829. The molecule has 1 aromatic rings. The Morgan fingerprint density at radius 2 is 2.06 bits per heavy atom. The lowest BCUT2D eigenvalue weighted by Crippen LogP contribution is -2.33. The third kappa shape index (κ3) is 3.32. The molecule has 0 aliphatic carbocycles. The van der Waals surface area contributed by atoms with E-state index >= 15 is 0 Å². The quantitative estimate of drug-likeness (QED) is 0.793. The van der Waals surface area contributed by atoms with Crippen molar-refractivity contribution in [3.63, 3.8) is 0 Å². The van der Waals surface area contributed by atoms with Crippen molar-refractivity contribution in [3.8, 4) is 6.07 Å². The van der Waals surface area contributed by atoms with Gasteiger partial charge < -0.3 is 10.4 Å². The Hall–Kier alpha value is -2.35. The highest BCUT2D eigenvalue weighted by molar-refractivity contribution is 6.04. The number of hydrogen-bond acceptors (Lipinski definition) is 3. The van der Waals surface area contributed by atoms with Gasteiger partial charge in [-0.3, -0.25) is 9.59 Å². The summed E-state index contributed by atoms with van der Waals surface area (Å²) < 4.78 is 0. The van der Waals surface area contributed by atoms with Crippen molar-refractivity contribution in [2.45, 2.75) is 13.8 Å². The van der Waals surface area contributed by atoms with Gasteiger partial charge in [-0.25, -0.2) is 0 Å². The Bertz CT molecular complexity index is 503. The second kappa shape index (κ2) is 5.82. The van der Waals surface area contributed by atoms with Gasteiger partial charge in [-0.2, -0.15) is 5.26 Å². The summed E-state index contributed by atoms with van der Waals surface area (Å²) in [7, 11) is 0.